The topological polar surface area (TPSA) is 32.3 Å². The van der Waals surface area contributed by atoms with Crippen molar-refractivity contribution in [3.05, 3.63) is 34.9 Å². The first-order valence-corrected chi connectivity index (χ1v) is 8.46. The van der Waals surface area contributed by atoms with Gasteiger partial charge in [0.15, 0.2) is 0 Å². The number of likely N-dealkylation sites (tertiary alicyclic amines) is 1. The Balaban J connectivity index is 1.85. The van der Waals surface area contributed by atoms with E-state index in [1.54, 1.807) is 0 Å². The molecule has 0 bridgehead atoms. The summed E-state index contributed by atoms with van der Waals surface area (Å²) in [5.74, 6) is 0.319. The van der Waals surface area contributed by atoms with E-state index in [-0.39, 0.29) is 17.2 Å². The van der Waals surface area contributed by atoms with Crippen molar-refractivity contribution in [1.29, 1.82) is 0 Å². The lowest BCUT2D eigenvalue weighted by Crippen LogP contribution is -2.44. The van der Waals surface area contributed by atoms with E-state index >= 15 is 0 Å². The summed E-state index contributed by atoms with van der Waals surface area (Å²) >= 11 is 5.92. The van der Waals surface area contributed by atoms with Crippen LogP contribution in [0.3, 0.4) is 0 Å². The molecular formula is C18H27ClN2O. The van der Waals surface area contributed by atoms with E-state index < -0.39 is 0 Å². The predicted molar refractivity (Wildman–Crippen MR) is 91.9 cm³/mol. The van der Waals surface area contributed by atoms with Crippen LogP contribution in [0, 0.1) is 11.3 Å². The molecule has 3 nitrogen and oxygen atoms in total. The summed E-state index contributed by atoms with van der Waals surface area (Å²) in [5, 5.41) is 3.87. The Morgan fingerprint density at radius 2 is 2.00 bits per heavy atom. The van der Waals surface area contributed by atoms with E-state index in [4.69, 9.17) is 11.6 Å². The molecule has 1 atom stereocenters. The van der Waals surface area contributed by atoms with Crippen LogP contribution in [0.15, 0.2) is 24.3 Å². The number of nitrogens with one attached hydrogen (secondary N) is 1. The molecule has 1 aromatic rings. The second-order valence-corrected chi connectivity index (χ2v) is 7.92. The lowest BCUT2D eigenvalue weighted by atomic mass is 9.94. The van der Waals surface area contributed by atoms with Crippen molar-refractivity contribution in [1.82, 2.24) is 10.2 Å². The fraction of sp³-hybridized carbons (Fsp3) is 0.611. The van der Waals surface area contributed by atoms with Crippen LogP contribution in [0.25, 0.3) is 0 Å². The molecule has 1 aliphatic rings. The van der Waals surface area contributed by atoms with E-state index in [0.29, 0.717) is 0 Å². The molecule has 0 aliphatic carbocycles. The van der Waals surface area contributed by atoms with Gasteiger partial charge in [0.1, 0.15) is 0 Å². The molecule has 1 fully saturated rings. The van der Waals surface area contributed by atoms with Crippen molar-refractivity contribution >= 4 is 17.5 Å². The van der Waals surface area contributed by atoms with Crippen molar-refractivity contribution in [3.63, 3.8) is 0 Å². The number of nitrogens with zero attached hydrogens (tertiary/aromatic N) is 1. The number of rotatable bonds is 4. The van der Waals surface area contributed by atoms with E-state index in [1.165, 1.54) is 5.56 Å². The highest BCUT2D eigenvalue weighted by Gasteiger charge is 2.26. The Bertz CT molecular complexity index is 493. The molecule has 1 saturated heterocycles. The van der Waals surface area contributed by atoms with Gasteiger partial charge in [0.05, 0.1) is 5.92 Å². The van der Waals surface area contributed by atoms with E-state index in [2.05, 4.69) is 43.1 Å². The molecule has 1 N–H and O–H groups in total. The molecule has 2 rings (SSSR count). The van der Waals surface area contributed by atoms with Crippen molar-refractivity contribution in [2.45, 2.75) is 40.2 Å². The van der Waals surface area contributed by atoms with Gasteiger partial charge >= 0.3 is 0 Å². The average molecular weight is 323 g/mol. The van der Waals surface area contributed by atoms with Crippen molar-refractivity contribution < 1.29 is 4.79 Å². The van der Waals surface area contributed by atoms with Gasteiger partial charge in [-0.25, -0.2) is 0 Å². The van der Waals surface area contributed by atoms with Crippen LogP contribution in [0.2, 0.25) is 5.02 Å². The van der Waals surface area contributed by atoms with Crippen LogP contribution in [0.4, 0.5) is 0 Å². The third-order valence-electron chi connectivity index (χ3n) is 3.99. The highest BCUT2D eigenvalue weighted by molar-refractivity contribution is 6.30. The number of carbonyl (C=O) groups is 1. The molecule has 1 aliphatic heterocycles. The van der Waals surface area contributed by atoms with Crippen molar-refractivity contribution in [2.75, 3.05) is 19.6 Å². The summed E-state index contributed by atoms with van der Waals surface area (Å²) in [6.07, 6.45) is 2.08. The molecule has 1 aromatic carbocycles. The lowest BCUT2D eigenvalue weighted by Gasteiger charge is -2.32. The second kappa shape index (κ2) is 7.47. The lowest BCUT2D eigenvalue weighted by molar-refractivity contribution is -0.127. The van der Waals surface area contributed by atoms with Gasteiger partial charge in [-0.3, -0.25) is 9.69 Å². The van der Waals surface area contributed by atoms with Crippen LogP contribution < -0.4 is 5.32 Å². The Morgan fingerprint density at radius 3 is 2.64 bits per heavy atom. The Hall–Kier alpha value is -1.06. The Morgan fingerprint density at radius 1 is 1.32 bits per heavy atom. The predicted octanol–water partition coefficient (Wildman–Crippen LogP) is 3.71. The maximum atomic E-state index is 12.3. The minimum atomic E-state index is 0.114. The number of hydrogen-bond donors (Lipinski definition) is 1. The van der Waals surface area contributed by atoms with Crippen molar-refractivity contribution in [3.8, 4) is 0 Å². The number of piperidine rings is 1. The highest BCUT2D eigenvalue weighted by atomic mass is 35.5. The van der Waals surface area contributed by atoms with Crippen LogP contribution in [0.5, 0.6) is 0 Å². The summed E-state index contributed by atoms with van der Waals surface area (Å²) in [7, 11) is 0. The Labute approximate surface area is 139 Å². The molecule has 22 heavy (non-hydrogen) atoms. The van der Waals surface area contributed by atoms with Gasteiger partial charge in [0, 0.05) is 24.7 Å². The summed E-state index contributed by atoms with van der Waals surface area (Å²) in [5.41, 5.74) is 1.38. The quantitative estimate of drug-likeness (QED) is 0.916. The number of hydrogen-bond acceptors (Lipinski definition) is 2. The van der Waals surface area contributed by atoms with Crippen LogP contribution in [-0.4, -0.2) is 30.4 Å². The van der Waals surface area contributed by atoms with Gasteiger partial charge in [-0.1, -0.05) is 44.5 Å². The zero-order valence-corrected chi connectivity index (χ0v) is 14.6. The molecule has 1 heterocycles. The summed E-state index contributed by atoms with van der Waals surface area (Å²) in [6, 6.07) is 7.97. The van der Waals surface area contributed by atoms with Gasteiger partial charge in [-0.2, -0.15) is 0 Å². The smallest absolute Gasteiger partial charge is 0.224 e. The zero-order valence-electron chi connectivity index (χ0n) is 13.9. The number of carbonyl (C=O) groups excluding carboxylic acids is 1. The largest absolute Gasteiger partial charge is 0.355 e. The van der Waals surface area contributed by atoms with E-state index in [9.17, 15) is 4.79 Å². The minimum Gasteiger partial charge on any atom is -0.355 e. The normalized spacial score (nSPS) is 19.9. The molecule has 0 aromatic heterocycles. The number of halogens is 1. The zero-order chi connectivity index (χ0) is 16.2. The monoisotopic (exact) mass is 322 g/mol. The Kier molecular flexibility index (Phi) is 5.87. The van der Waals surface area contributed by atoms with Gasteiger partial charge in [-0.15, -0.1) is 0 Å². The molecule has 1 amide bonds. The fourth-order valence-corrected chi connectivity index (χ4v) is 2.88. The molecule has 0 saturated carbocycles. The van der Waals surface area contributed by atoms with E-state index in [0.717, 1.165) is 44.0 Å². The van der Waals surface area contributed by atoms with Crippen LogP contribution in [0.1, 0.15) is 39.2 Å². The van der Waals surface area contributed by atoms with Gasteiger partial charge in [0.2, 0.25) is 5.91 Å². The first-order valence-electron chi connectivity index (χ1n) is 8.08. The number of benzene rings is 1. The summed E-state index contributed by atoms with van der Waals surface area (Å²) in [6.45, 7) is 9.95. The van der Waals surface area contributed by atoms with Gasteiger partial charge in [-0.05, 0) is 42.5 Å². The first-order chi connectivity index (χ1) is 10.3. The first kappa shape index (κ1) is 17.3. The standard InChI is InChI=1S/C18H27ClN2O/c1-18(2,3)13-20-17(22)15-5-4-10-21(12-15)11-14-6-8-16(19)9-7-14/h6-9,15H,4-5,10-13H2,1-3H3,(H,20,22). The fourth-order valence-electron chi connectivity index (χ4n) is 2.76. The highest BCUT2D eigenvalue weighted by Crippen LogP contribution is 2.20. The van der Waals surface area contributed by atoms with Crippen LogP contribution in [-0.2, 0) is 11.3 Å². The van der Waals surface area contributed by atoms with Crippen molar-refractivity contribution in [2.24, 2.45) is 11.3 Å². The SMILES string of the molecule is CC(C)(C)CNC(=O)C1CCCN(Cc2ccc(Cl)cc2)C1. The third kappa shape index (κ3) is 5.62. The molecule has 4 heteroatoms. The molecule has 1 unspecified atom stereocenters. The number of amides is 1. The van der Waals surface area contributed by atoms with Gasteiger partial charge < -0.3 is 5.32 Å². The molecular weight excluding hydrogens is 296 g/mol. The van der Waals surface area contributed by atoms with E-state index in [1.807, 2.05) is 12.1 Å². The molecule has 0 spiro atoms. The maximum Gasteiger partial charge on any atom is 0.224 e. The molecule has 122 valence electrons. The molecule has 0 radical (unpaired) electrons. The van der Waals surface area contributed by atoms with Gasteiger partial charge in [0.25, 0.3) is 0 Å². The maximum absolute atomic E-state index is 12.3. The summed E-state index contributed by atoms with van der Waals surface area (Å²) < 4.78 is 0. The summed E-state index contributed by atoms with van der Waals surface area (Å²) in [4.78, 5) is 14.7. The third-order valence-corrected chi connectivity index (χ3v) is 4.24. The minimum absolute atomic E-state index is 0.114. The van der Waals surface area contributed by atoms with Crippen LogP contribution >= 0.6 is 11.6 Å². The average Bonchev–Trinajstić information content (AvgIpc) is 2.47. The second-order valence-electron chi connectivity index (χ2n) is 7.48.